The highest BCUT2D eigenvalue weighted by Gasteiger charge is 2.00. The fraction of sp³-hybridized carbons (Fsp3) is 0.188. The Hall–Kier alpha value is -2.09. The first-order valence-corrected chi connectivity index (χ1v) is 6.02. The van der Waals surface area contributed by atoms with E-state index in [2.05, 4.69) is 18.5 Å². The summed E-state index contributed by atoms with van der Waals surface area (Å²) < 4.78 is 0. The number of anilines is 1. The smallest absolute Gasteiger partial charge is 0.224 e. The number of amides is 1. The molecule has 0 atom stereocenters. The van der Waals surface area contributed by atoms with Crippen molar-refractivity contribution in [2.45, 2.75) is 19.8 Å². The van der Waals surface area contributed by atoms with Gasteiger partial charge in [0, 0.05) is 12.1 Å². The molecule has 1 aromatic carbocycles. The molecule has 0 bridgehead atoms. The van der Waals surface area contributed by atoms with Crippen LogP contribution in [-0.4, -0.2) is 5.91 Å². The van der Waals surface area contributed by atoms with Crippen LogP contribution in [0.25, 0.3) is 0 Å². The van der Waals surface area contributed by atoms with E-state index in [0.29, 0.717) is 6.42 Å². The van der Waals surface area contributed by atoms with Crippen molar-refractivity contribution in [3.05, 3.63) is 66.8 Å². The predicted molar refractivity (Wildman–Crippen MR) is 77.5 cm³/mol. The van der Waals surface area contributed by atoms with E-state index in [1.165, 1.54) is 5.56 Å². The number of carbonyl (C=O) groups excluding carboxylic acids is 1. The molecule has 0 unspecified atom stereocenters. The normalized spacial score (nSPS) is 10.8. The molecule has 1 aromatic rings. The van der Waals surface area contributed by atoms with E-state index < -0.39 is 0 Å². The zero-order valence-corrected chi connectivity index (χ0v) is 10.8. The lowest BCUT2D eigenvalue weighted by molar-refractivity contribution is -0.115. The summed E-state index contributed by atoms with van der Waals surface area (Å²) >= 11 is 0. The van der Waals surface area contributed by atoms with E-state index in [9.17, 15) is 4.79 Å². The zero-order valence-electron chi connectivity index (χ0n) is 10.8. The van der Waals surface area contributed by atoms with Crippen molar-refractivity contribution in [1.82, 2.24) is 0 Å². The summed E-state index contributed by atoms with van der Waals surface area (Å²) in [5, 5.41) is 2.82. The average Bonchev–Trinajstić information content (AvgIpc) is 2.40. The minimum Gasteiger partial charge on any atom is -0.326 e. The van der Waals surface area contributed by atoms with E-state index in [1.54, 1.807) is 6.08 Å². The fourth-order valence-corrected chi connectivity index (χ4v) is 1.54. The minimum absolute atomic E-state index is 0.0288. The lowest BCUT2D eigenvalue weighted by atomic mass is 10.0. The van der Waals surface area contributed by atoms with Gasteiger partial charge in [0.25, 0.3) is 0 Å². The Morgan fingerprint density at radius 1 is 1.28 bits per heavy atom. The van der Waals surface area contributed by atoms with E-state index in [0.717, 1.165) is 17.7 Å². The molecule has 0 heterocycles. The third-order valence-electron chi connectivity index (χ3n) is 2.56. The first kappa shape index (κ1) is 14.0. The minimum atomic E-state index is 0.0288. The molecular formula is C16H19NO. The van der Waals surface area contributed by atoms with Crippen LogP contribution in [0.5, 0.6) is 0 Å². The fourth-order valence-electron chi connectivity index (χ4n) is 1.54. The van der Waals surface area contributed by atoms with Crippen LogP contribution in [0.15, 0.2) is 61.2 Å². The molecule has 94 valence electrons. The van der Waals surface area contributed by atoms with Gasteiger partial charge in [-0.15, -0.1) is 0 Å². The second-order valence-corrected chi connectivity index (χ2v) is 3.96. The molecule has 0 aliphatic rings. The van der Waals surface area contributed by atoms with E-state index in [1.807, 2.05) is 43.3 Å². The highest BCUT2D eigenvalue weighted by atomic mass is 16.1. The summed E-state index contributed by atoms with van der Waals surface area (Å²) in [6.07, 6.45) is 6.84. The van der Waals surface area contributed by atoms with Crippen molar-refractivity contribution in [3.8, 4) is 0 Å². The van der Waals surface area contributed by atoms with Crippen LogP contribution in [0.2, 0.25) is 0 Å². The Morgan fingerprint density at radius 3 is 2.44 bits per heavy atom. The van der Waals surface area contributed by atoms with Gasteiger partial charge in [-0.3, -0.25) is 4.79 Å². The molecule has 2 nitrogen and oxygen atoms in total. The van der Waals surface area contributed by atoms with Crippen molar-refractivity contribution in [2.24, 2.45) is 0 Å². The Bertz CT molecular complexity index is 454. The number of nitrogens with one attached hydrogen (secondary N) is 1. The monoisotopic (exact) mass is 241 g/mol. The van der Waals surface area contributed by atoms with Crippen molar-refractivity contribution in [3.63, 3.8) is 0 Å². The molecule has 18 heavy (non-hydrogen) atoms. The Balaban J connectivity index is 2.70. The van der Waals surface area contributed by atoms with Gasteiger partial charge in [0.2, 0.25) is 5.91 Å². The van der Waals surface area contributed by atoms with Crippen LogP contribution >= 0.6 is 0 Å². The van der Waals surface area contributed by atoms with Gasteiger partial charge < -0.3 is 5.32 Å². The van der Waals surface area contributed by atoms with E-state index in [4.69, 9.17) is 0 Å². The number of hydrogen-bond acceptors (Lipinski definition) is 1. The van der Waals surface area contributed by atoms with Crippen LogP contribution in [0, 0.1) is 0 Å². The summed E-state index contributed by atoms with van der Waals surface area (Å²) in [5.74, 6) is 0.0288. The molecule has 0 fully saturated rings. The summed E-state index contributed by atoms with van der Waals surface area (Å²) in [6.45, 7) is 9.28. The van der Waals surface area contributed by atoms with Crippen LogP contribution in [-0.2, 0) is 11.2 Å². The van der Waals surface area contributed by atoms with Crippen LogP contribution in [0.4, 0.5) is 5.69 Å². The van der Waals surface area contributed by atoms with Gasteiger partial charge in [0.1, 0.15) is 0 Å². The van der Waals surface area contributed by atoms with Gasteiger partial charge in [-0.2, -0.15) is 0 Å². The first-order chi connectivity index (χ1) is 8.69. The third-order valence-corrected chi connectivity index (χ3v) is 2.56. The number of benzene rings is 1. The largest absolute Gasteiger partial charge is 0.326 e. The van der Waals surface area contributed by atoms with E-state index >= 15 is 0 Å². The average molecular weight is 241 g/mol. The summed E-state index contributed by atoms with van der Waals surface area (Å²) in [6, 6.07) is 7.84. The molecule has 0 aliphatic carbocycles. The van der Waals surface area contributed by atoms with Crippen LogP contribution < -0.4 is 5.32 Å². The van der Waals surface area contributed by atoms with Gasteiger partial charge in [0.15, 0.2) is 0 Å². The van der Waals surface area contributed by atoms with Gasteiger partial charge >= 0.3 is 0 Å². The van der Waals surface area contributed by atoms with Crippen molar-refractivity contribution < 1.29 is 4.79 Å². The van der Waals surface area contributed by atoms with Crippen molar-refractivity contribution >= 4 is 11.6 Å². The molecule has 1 N–H and O–H groups in total. The van der Waals surface area contributed by atoms with Gasteiger partial charge in [0.05, 0.1) is 0 Å². The second-order valence-electron chi connectivity index (χ2n) is 3.96. The molecule has 0 aliphatic heterocycles. The van der Waals surface area contributed by atoms with Crippen LogP contribution in [0.1, 0.15) is 18.9 Å². The molecule has 0 spiro atoms. The lowest BCUT2D eigenvalue weighted by Gasteiger charge is -2.06. The first-order valence-electron chi connectivity index (χ1n) is 6.02. The van der Waals surface area contributed by atoms with E-state index in [-0.39, 0.29) is 5.91 Å². The maximum atomic E-state index is 11.2. The van der Waals surface area contributed by atoms with Crippen molar-refractivity contribution in [1.29, 1.82) is 0 Å². The highest BCUT2D eigenvalue weighted by Crippen LogP contribution is 2.14. The molecule has 0 saturated heterocycles. The molecule has 0 radical (unpaired) electrons. The molecule has 2 heteroatoms. The van der Waals surface area contributed by atoms with Gasteiger partial charge in [-0.1, -0.05) is 50.4 Å². The number of carbonyl (C=O) groups is 1. The van der Waals surface area contributed by atoms with Crippen molar-refractivity contribution in [2.75, 3.05) is 5.32 Å². The third kappa shape index (κ3) is 4.42. The quantitative estimate of drug-likeness (QED) is 0.752. The Kier molecular flexibility index (Phi) is 5.65. The summed E-state index contributed by atoms with van der Waals surface area (Å²) in [4.78, 5) is 11.2. The summed E-state index contributed by atoms with van der Waals surface area (Å²) in [5.41, 5.74) is 3.13. The number of hydrogen-bond donors (Lipinski definition) is 1. The number of allylic oxidation sites excluding steroid dienone is 4. The zero-order chi connectivity index (χ0) is 13.4. The summed E-state index contributed by atoms with van der Waals surface area (Å²) in [7, 11) is 0. The molecular weight excluding hydrogens is 222 g/mol. The van der Waals surface area contributed by atoms with Gasteiger partial charge in [-0.05, 0) is 29.7 Å². The van der Waals surface area contributed by atoms with Crippen LogP contribution in [0.3, 0.4) is 0 Å². The molecule has 1 amide bonds. The molecule has 1 rings (SSSR count). The Morgan fingerprint density at radius 2 is 1.94 bits per heavy atom. The second kappa shape index (κ2) is 7.28. The highest BCUT2D eigenvalue weighted by molar-refractivity contribution is 5.90. The van der Waals surface area contributed by atoms with Gasteiger partial charge in [-0.25, -0.2) is 0 Å². The molecule has 0 saturated carbocycles. The molecule has 0 aromatic heterocycles. The maximum absolute atomic E-state index is 11.2. The number of rotatable bonds is 6. The topological polar surface area (TPSA) is 29.1 Å². The predicted octanol–water partition coefficient (Wildman–Crippen LogP) is 3.88. The Labute approximate surface area is 109 Å². The SMILES string of the molecule is C=C/C=C(\C=C)Cc1ccc(NC(=O)CC)cc1. The lowest BCUT2D eigenvalue weighted by Crippen LogP contribution is -2.09. The standard InChI is InChI=1S/C16H19NO/c1-4-7-13(5-2)12-14-8-10-15(11-9-14)17-16(18)6-3/h4-5,7-11H,1-2,6,12H2,3H3,(H,17,18)/b13-7+. The maximum Gasteiger partial charge on any atom is 0.224 e.